The highest BCUT2D eigenvalue weighted by atomic mass is 32.1. The number of hydrogen-bond acceptors (Lipinski definition) is 5. The van der Waals surface area contributed by atoms with Crippen molar-refractivity contribution in [2.45, 2.75) is 13.8 Å². The zero-order valence-electron chi connectivity index (χ0n) is 16.1. The Hall–Kier alpha value is -3.12. The van der Waals surface area contributed by atoms with Crippen molar-refractivity contribution in [2.75, 3.05) is 14.2 Å². The number of benzene rings is 2. The molecule has 0 aliphatic heterocycles. The first-order chi connectivity index (χ1) is 13.5. The van der Waals surface area contributed by atoms with Gasteiger partial charge in [-0.05, 0) is 43.2 Å². The van der Waals surface area contributed by atoms with Gasteiger partial charge in [0.15, 0.2) is 11.5 Å². The molecular formula is C22H20N2O3S. The minimum absolute atomic E-state index is 0.0806. The molecule has 0 amide bonds. The molecule has 5 nitrogen and oxygen atoms in total. The lowest BCUT2D eigenvalue weighted by atomic mass is 10.1. The molecular weight excluding hydrogens is 372 g/mol. The number of methoxy groups -OCH3 is 2. The smallest absolute Gasteiger partial charge is 0.267 e. The number of nitrogens with zero attached hydrogens (tertiary/aromatic N) is 2. The molecule has 0 spiro atoms. The number of aryl methyl sites for hydroxylation is 2. The molecule has 0 saturated heterocycles. The Bertz CT molecular complexity index is 1240. The molecule has 0 aliphatic rings. The molecule has 142 valence electrons. The van der Waals surface area contributed by atoms with Gasteiger partial charge in [-0.1, -0.05) is 23.8 Å². The monoisotopic (exact) mass is 392 g/mol. The quantitative estimate of drug-likeness (QED) is 0.503. The Labute approximate surface area is 166 Å². The van der Waals surface area contributed by atoms with E-state index in [-0.39, 0.29) is 5.56 Å². The number of aromatic nitrogens is 2. The largest absolute Gasteiger partial charge is 0.493 e. The van der Waals surface area contributed by atoms with Crippen LogP contribution in [-0.4, -0.2) is 23.8 Å². The van der Waals surface area contributed by atoms with Gasteiger partial charge in [-0.15, -0.1) is 11.3 Å². The van der Waals surface area contributed by atoms with Crippen LogP contribution >= 0.6 is 11.3 Å². The van der Waals surface area contributed by atoms with Crippen LogP contribution in [-0.2, 0) is 0 Å². The third-order valence-electron chi connectivity index (χ3n) is 4.80. The van der Waals surface area contributed by atoms with Gasteiger partial charge in [0, 0.05) is 10.9 Å². The van der Waals surface area contributed by atoms with Crippen LogP contribution in [0.4, 0.5) is 0 Å². The number of rotatable bonds is 4. The Morgan fingerprint density at radius 3 is 2.50 bits per heavy atom. The molecule has 0 bridgehead atoms. The lowest BCUT2D eigenvalue weighted by Crippen LogP contribution is -2.19. The van der Waals surface area contributed by atoms with Crippen LogP contribution in [0.1, 0.15) is 11.1 Å². The van der Waals surface area contributed by atoms with Crippen molar-refractivity contribution in [1.29, 1.82) is 0 Å². The summed E-state index contributed by atoms with van der Waals surface area (Å²) in [6, 6.07) is 11.7. The molecule has 4 rings (SSSR count). The van der Waals surface area contributed by atoms with Gasteiger partial charge in [-0.2, -0.15) is 0 Å². The fourth-order valence-corrected chi connectivity index (χ4v) is 4.30. The zero-order chi connectivity index (χ0) is 19.8. The maximum absolute atomic E-state index is 13.4. The molecule has 0 saturated carbocycles. The number of thiophene rings is 1. The Morgan fingerprint density at radius 1 is 1.00 bits per heavy atom. The highest BCUT2D eigenvalue weighted by Gasteiger charge is 2.16. The molecule has 2 aromatic heterocycles. The van der Waals surface area contributed by atoms with E-state index in [1.807, 2.05) is 49.6 Å². The Morgan fingerprint density at radius 2 is 1.79 bits per heavy atom. The summed E-state index contributed by atoms with van der Waals surface area (Å²) in [4.78, 5) is 18.6. The molecule has 0 N–H and O–H groups in total. The van der Waals surface area contributed by atoms with E-state index in [0.717, 1.165) is 32.8 Å². The molecule has 4 aromatic rings. The number of hydrogen-bond donors (Lipinski definition) is 0. The highest BCUT2D eigenvalue weighted by molar-refractivity contribution is 7.17. The second kappa shape index (κ2) is 7.13. The summed E-state index contributed by atoms with van der Waals surface area (Å²) in [6.07, 6.45) is 1.61. The lowest BCUT2D eigenvalue weighted by Gasteiger charge is -2.11. The highest BCUT2D eigenvalue weighted by Crippen LogP contribution is 2.36. The standard InChI is InChI=1S/C22H20N2O3S/c1-13-5-7-17(14(2)9-13)24-12-23-21-20(22(24)25)16(11-28-21)15-6-8-18(26-3)19(10-15)27-4/h5-12H,1-4H3. The van der Waals surface area contributed by atoms with Gasteiger partial charge in [-0.25, -0.2) is 4.98 Å². The van der Waals surface area contributed by atoms with Crippen molar-refractivity contribution in [3.63, 3.8) is 0 Å². The Balaban J connectivity index is 1.94. The first-order valence-corrected chi connectivity index (χ1v) is 9.70. The fourth-order valence-electron chi connectivity index (χ4n) is 3.40. The molecule has 0 fully saturated rings. The first kappa shape index (κ1) is 18.3. The summed E-state index contributed by atoms with van der Waals surface area (Å²) < 4.78 is 12.4. The summed E-state index contributed by atoms with van der Waals surface area (Å²) in [5.74, 6) is 1.27. The van der Waals surface area contributed by atoms with E-state index < -0.39 is 0 Å². The van der Waals surface area contributed by atoms with Gasteiger partial charge in [0.1, 0.15) is 11.2 Å². The summed E-state index contributed by atoms with van der Waals surface area (Å²) in [6.45, 7) is 4.04. The maximum Gasteiger partial charge on any atom is 0.267 e. The summed E-state index contributed by atoms with van der Waals surface area (Å²) in [5.41, 5.74) is 4.69. The van der Waals surface area contributed by atoms with E-state index >= 15 is 0 Å². The van der Waals surface area contributed by atoms with E-state index in [9.17, 15) is 4.79 Å². The van der Waals surface area contributed by atoms with Crippen molar-refractivity contribution in [2.24, 2.45) is 0 Å². The summed E-state index contributed by atoms with van der Waals surface area (Å²) in [5, 5.41) is 2.58. The van der Waals surface area contributed by atoms with Crippen molar-refractivity contribution < 1.29 is 9.47 Å². The number of ether oxygens (including phenoxy) is 2. The van der Waals surface area contributed by atoms with Crippen LogP contribution in [0.25, 0.3) is 27.0 Å². The van der Waals surface area contributed by atoms with Crippen molar-refractivity contribution in [3.05, 3.63) is 69.6 Å². The van der Waals surface area contributed by atoms with E-state index in [0.29, 0.717) is 16.9 Å². The van der Waals surface area contributed by atoms with E-state index in [2.05, 4.69) is 11.1 Å². The van der Waals surface area contributed by atoms with Gasteiger partial charge in [-0.3, -0.25) is 9.36 Å². The third-order valence-corrected chi connectivity index (χ3v) is 5.69. The molecule has 0 unspecified atom stereocenters. The van der Waals surface area contributed by atoms with Crippen molar-refractivity contribution >= 4 is 21.6 Å². The van der Waals surface area contributed by atoms with E-state index in [4.69, 9.17) is 9.47 Å². The maximum atomic E-state index is 13.4. The molecule has 6 heteroatoms. The molecule has 0 aliphatic carbocycles. The zero-order valence-corrected chi connectivity index (χ0v) is 17.0. The molecule has 0 atom stereocenters. The van der Waals surface area contributed by atoms with Gasteiger partial charge in [0.05, 0.1) is 25.3 Å². The SMILES string of the molecule is COc1ccc(-c2csc3ncn(-c4ccc(C)cc4C)c(=O)c23)cc1OC. The van der Waals surface area contributed by atoms with E-state index in [1.165, 1.54) is 11.3 Å². The number of fused-ring (bicyclic) bond motifs is 1. The average molecular weight is 392 g/mol. The Kier molecular flexibility index (Phi) is 4.65. The van der Waals surface area contributed by atoms with Gasteiger partial charge >= 0.3 is 0 Å². The van der Waals surface area contributed by atoms with Crippen LogP contribution < -0.4 is 15.0 Å². The topological polar surface area (TPSA) is 53.4 Å². The molecule has 28 heavy (non-hydrogen) atoms. The molecule has 0 radical (unpaired) electrons. The lowest BCUT2D eigenvalue weighted by molar-refractivity contribution is 0.355. The van der Waals surface area contributed by atoms with Crippen LogP contribution in [0.3, 0.4) is 0 Å². The van der Waals surface area contributed by atoms with Gasteiger partial charge < -0.3 is 9.47 Å². The van der Waals surface area contributed by atoms with Crippen LogP contribution in [0.5, 0.6) is 11.5 Å². The van der Waals surface area contributed by atoms with Crippen molar-refractivity contribution in [1.82, 2.24) is 9.55 Å². The minimum atomic E-state index is -0.0806. The average Bonchev–Trinajstić information content (AvgIpc) is 3.13. The second-order valence-corrected chi connectivity index (χ2v) is 7.47. The third kappa shape index (κ3) is 2.96. The molecule has 2 aromatic carbocycles. The summed E-state index contributed by atoms with van der Waals surface area (Å²) >= 11 is 1.46. The normalized spacial score (nSPS) is 11.0. The predicted octanol–water partition coefficient (Wildman–Crippen LogP) is 4.75. The molecule has 2 heterocycles. The van der Waals surface area contributed by atoms with Crippen LogP contribution in [0, 0.1) is 13.8 Å². The van der Waals surface area contributed by atoms with Gasteiger partial charge in [0.25, 0.3) is 5.56 Å². The van der Waals surface area contributed by atoms with Crippen LogP contribution in [0.15, 0.2) is 52.9 Å². The minimum Gasteiger partial charge on any atom is -0.493 e. The van der Waals surface area contributed by atoms with Gasteiger partial charge in [0.2, 0.25) is 0 Å². The fraction of sp³-hybridized carbons (Fsp3) is 0.182. The summed E-state index contributed by atoms with van der Waals surface area (Å²) in [7, 11) is 3.20. The van der Waals surface area contributed by atoms with Crippen molar-refractivity contribution in [3.8, 4) is 28.3 Å². The second-order valence-electron chi connectivity index (χ2n) is 6.61. The first-order valence-electron chi connectivity index (χ1n) is 8.82. The van der Waals surface area contributed by atoms with E-state index in [1.54, 1.807) is 25.1 Å². The van der Waals surface area contributed by atoms with Crippen LogP contribution in [0.2, 0.25) is 0 Å². The predicted molar refractivity (Wildman–Crippen MR) is 113 cm³/mol.